The van der Waals surface area contributed by atoms with Gasteiger partial charge in [0.2, 0.25) is 21.8 Å². The first-order chi connectivity index (χ1) is 14.7. The van der Waals surface area contributed by atoms with Crippen molar-refractivity contribution in [1.29, 1.82) is 0 Å². The summed E-state index contributed by atoms with van der Waals surface area (Å²) in [6, 6.07) is 5.15. The first kappa shape index (κ1) is 25.6. The zero-order valence-corrected chi connectivity index (χ0v) is 20.4. The van der Waals surface area contributed by atoms with Crippen LogP contribution in [0.5, 0.6) is 0 Å². The Bertz CT molecular complexity index is 848. The summed E-state index contributed by atoms with van der Waals surface area (Å²) in [5.41, 5.74) is 2.89. The second-order valence-corrected chi connectivity index (χ2v) is 10.8. The van der Waals surface area contributed by atoms with Gasteiger partial charge in [-0.25, -0.2) is 13.1 Å². The number of thioether (sulfide) groups is 1. The van der Waals surface area contributed by atoms with Crippen LogP contribution in [0.25, 0.3) is 0 Å². The summed E-state index contributed by atoms with van der Waals surface area (Å²) in [7, 11) is -3.47. The van der Waals surface area contributed by atoms with Crippen LogP contribution >= 0.6 is 11.8 Å². The van der Waals surface area contributed by atoms with E-state index in [1.54, 1.807) is 23.6 Å². The first-order valence-electron chi connectivity index (χ1n) is 10.5. The van der Waals surface area contributed by atoms with Crippen molar-refractivity contribution >= 4 is 39.3 Å². The molecule has 0 radical (unpaired) electrons. The lowest BCUT2D eigenvalue weighted by Gasteiger charge is -2.36. The number of rotatable bonds is 10. The quantitative estimate of drug-likeness (QED) is 0.537. The highest BCUT2D eigenvalue weighted by Crippen LogP contribution is 2.19. The fraction of sp³-hybridized carbons (Fsp3) is 0.619. The highest BCUT2D eigenvalue weighted by molar-refractivity contribution is 7.98. The summed E-state index contributed by atoms with van der Waals surface area (Å²) in [5, 5.41) is 2.99. The van der Waals surface area contributed by atoms with Crippen molar-refractivity contribution in [3.8, 4) is 0 Å². The number of amides is 2. The van der Waals surface area contributed by atoms with Crippen LogP contribution in [0, 0.1) is 13.8 Å². The average Bonchev–Trinajstić information content (AvgIpc) is 2.74. The molecule has 1 saturated heterocycles. The van der Waals surface area contributed by atoms with Gasteiger partial charge in [-0.2, -0.15) is 11.8 Å². The Morgan fingerprint density at radius 3 is 2.29 bits per heavy atom. The summed E-state index contributed by atoms with van der Waals surface area (Å²) in [6.45, 7) is 7.83. The van der Waals surface area contributed by atoms with Crippen LogP contribution in [0.1, 0.15) is 24.5 Å². The minimum Gasteiger partial charge on any atom is -0.339 e. The molecule has 1 heterocycles. The number of hydrogen-bond donors (Lipinski definition) is 2. The number of nitrogens with zero attached hydrogens (tertiary/aromatic N) is 2. The van der Waals surface area contributed by atoms with E-state index in [0.717, 1.165) is 16.8 Å². The van der Waals surface area contributed by atoms with Crippen molar-refractivity contribution in [3.63, 3.8) is 0 Å². The number of para-hydroxylation sites is 1. The SMILES string of the molecule is CCS(=O)(=O)NC(CCSC)C(=O)N1CCN(CC(=O)Nc2c(C)cccc2C)CC1. The predicted octanol–water partition coefficient (Wildman–Crippen LogP) is 1.45. The lowest BCUT2D eigenvalue weighted by molar-refractivity contribution is -0.134. The van der Waals surface area contributed by atoms with Crippen LogP contribution < -0.4 is 10.0 Å². The molecule has 2 amide bonds. The molecular formula is C21H34N4O4S2. The fourth-order valence-corrected chi connectivity index (χ4v) is 4.80. The third kappa shape index (κ3) is 7.78. The third-order valence-electron chi connectivity index (χ3n) is 5.41. The zero-order chi connectivity index (χ0) is 23.0. The number of carbonyl (C=O) groups excluding carboxylic acids is 2. The number of piperazine rings is 1. The lowest BCUT2D eigenvalue weighted by Crippen LogP contribution is -2.55. The van der Waals surface area contributed by atoms with E-state index in [9.17, 15) is 18.0 Å². The minimum atomic E-state index is -3.47. The second kappa shape index (κ2) is 11.8. The molecule has 1 aliphatic rings. The highest BCUT2D eigenvalue weighted by Gasteiger charge is 2.30. The van der Waals surface area contributed by atoms with Gasteiger partial charge >= 0.3 is 0 Å². The maximum Gasteiger partial charge on any atom is 0.240 e. The van der Waals surface area contributed by atoms with Gasteiger partial charge in [-0.1, -0.05) is 18.2 Å². The standard InChI is InChI=1S/C21H34N4O4S2/c1-5-31(28,29)23-18(9-14-30-4)21(27)25-12-10-24(11-13-25)15-19(26)22-20-16(2)7-6-8-17(20)3/h6-8,18,23H,5,9-15H2,1-4H3,(H,22,26). The smallest absolute Gasteiger partial charge is 0.240 e. The molecule has 10 heteroatoms. The normalized spacial score (nSPS) is 16.2. The van der Waals surface area contributed by atoms with Crippen molar-refractivity contribution in [1.82, 2.24) is 14.5 Å². The van der Waals surface area contributed by atoms with E-state index in [1.807, 2.05) is 43.2 Å². The Kier molecular flexibility index (Phi) is 9.80. The molecule has 0 bridgehead atoms. The number of sulfonamides is 1. The summed E-state index contributed by atoms with van der Waals surface area (Å²) in [5.74, 6) is 0.372. The molecule has 0 saturated carbocycles. The van der Waals surface area contributed by atoms with Crippen molar-refractivity contribution in [2.75, 3.05) is 55.8 Å². The molecule has 0 spiro atoms. The second-order valence-electron chi connectivity index (χ2n) is 7.77. The van der Waals surface area contributed by atoms with E-state index < -0.39 is 16.1 Å². The van der Waals surface area contributed by atoms with Crippen LogP contribution in [0.4, 0.5) is 5.69 Å². The van der Waals surface area contributed by atoms with Gasteiger partial charge in [0.15, 0.2) is 0 Å². The van der Waals surface area contributed by atoms with Crippen LogP contribution in [-0.4, -0.2) is 86.6 Å². The molecule has 1 aromatic rings. The Balaban J connectivity index is 1.90. The van der Waals surface area contributed by atoms with Crippen molar-refractivity contribution in [2.24, 2.45) is 0 Å². The molecular weight excluding hydrogens is 436 g/mol. The molecule has 0 aromatic heterocycles. The summed E-state index contributed by atoms with van der Waals surface area (Å²) < 4.78 is 26.5. The van der Waals surface area contributed by atoms with Gasteiger partial charge in [0, 0.05) is 31.9 Å². The maximum absolute atomic E-state index is 12.9. The lowest BCUT2D eigenvalue weighted by atomic mass is 10.1. The molecule has 1 aliphatic heterocycles. The zero-order valence-electron chi connectivity index (χ0n) is 18.8. The number of anilines is 1. The Labute approximate surface area is 190 Å². The van der Waals surface area contributed by atoms with Gasteiger partial charge < -0.3 is 10.2 Å². The van der Waals surface area contributed by atoms with Crippen LogP contribution in [0.3, 0.4) is 0 Å². The summed E-state index contributed by atoms with van der Waals surface area (Å²) in [6.07, 6.45) is 2.38. The van der Waals surface area contributed by atoms with Crippen LogP contribution in [0.15, 0.2) is 18.2 Å². The minimum absolute atomic E-state index is 0.0562. The maximum atomic E-state index is 12.9. The van der Waals surface area contributed by atoms with Crippen LogP contribution in [-0.2, 0) is 19.6 Å². The van der Waals surface area contributed by atoms with Gasteiger partial charge in [0.25, 0.3) is 0 Å². The number of nitrogens with one attached hydrogen (secondary N) is 2. The fourth-order valence-electron chi connectivity index (χ4n) is 3.51. The predicted molar refractivity (Wildman–Crippen MR) is 127 cm³/mol. The number of benzene rings is 1. The largest absolute Gasteiger partial charge is 0.339 e. The molecule has 1 fully saturated rings. The van der Waals surface area contributed by atoms with Crippen molar-refractivity contribution in [3.05, 3.63) is 29.3 Å². The third-order valence-corrected chi connectivity index (χ3v) is 7.45. The molecule has 1 atom stereocenters. The van der Waals surface area contributed by atoms with Crippen molar-refractivity contribution < 1.29 is 18.0 Å². The number of aryl methyl sites for hydroxylation is 2. The Hall–Kier alpha value is -1.62. The molecule has 2 rings (SSSR count). The molecule has 1 unspecified atom stereocenters. The van der Waals surface area contributed by atoms with Gasteiger partial charge in [-0.15, -0.1) is 0 Å². The van der Waals surface area contributed by atoms with Gasteiger partial charge in [-0.05, 0) is 50.3 Å². The Morgan fingerprint density at radius 2 is 1.74 bits per heavy atom. The van der Waals surface area contributed by atoms with E-state index in [-0.39, 0.29) is 24.1 Å². The van der Waals surface area contributed by atoms with E-state index >= 15 is 0 Å². The van der Waals surface area contributed by atoms with Gasteiger partial charge in [0.1, 0.15) is 6.04 Å². The van der Waals surface area contributed by atoms with Crippen LogP contribution in [0.2, 0.25) is 0 Å². The van der Waals surface area contributed by atoms with E-state index in [4.69, 9.17) is 0 Å². The number of carbonyl (C=O) groups is 2. The summed E-state index contributed by atoms with van der Waals surface area (Å²) >= 11 is 1.58. The Morgan fingerprint density at radius 1 is 1.13 bits per heavy atom. The topological polar surface area (TPSA) is 98.8 Å². The van der Waals surface area contributed by atoms with Gasteiger partial charge in [-0.3, -0.25) is 14.5 Å². The van der Waals surface area contributed by atoms with E-state index in [2.05, 4.69) is 10.0 Å². The molecule has 31 heavy (non-hydrogen) atoms. The average molecular weight is 471 g/mol. The molecule has 2 N–H and O–H groups in total. The monoisotopic (exact) mass is 470 g/mol. The van der Waals surface area contributed by atoms with Crippen molar-refractivity contribution in [2.45, 2.75) is 33.2 Å². The van der Waals surface area contributed by atoms with Gasteiger partial charge in [0.05, 0.1) is 12.3 Å². The molecule has 174 valence electrons. The summed E-state index contributed by atoms with van der Waals surface area (Å²) in [4.78, 5) is 29.2. The molecule has 0 aliphatic carbocycles. The number of hydrogen-bond acceptors (Lipinski definition) is 6. The van der Waals surface area contributed by atoms with E-state index in [1.165, 1.54) is 0 Å². The molecule has 8 nitrogen and oxygen atoms in total. The first-order valence-corrected chi connectivity index (χ1v) is 13.6. The molecule has 1 aromatic carbocycles. The van der Waals surface area contributed by atoms with E-state index in [0.29, 0.717) is 38.4 Å². The highest BCUT2D eigenvalue weighted by atomic mass is 32.2.